The average Bonchev–Trinajstić information content (AvgIpc) is 3.15. The fourth-order valence-electron chi connectivity index (χ4n) is 3.25. The number of hydrogen-bond acceptors (Lipinski definition) is 5. The molecule has 3 rings (SSSR count). The van der Waals surface area contributed by atoms with Crippen molar-refractivity contribution in [2.24, 2.45) is 5.92 Å². The van der Waals surface area contributed by atoms with Crippen molar-refractivity contribution in [3.05, 3.63) is 53.9 Å². The lowest BCUT2D eigenvalue weighted by Crippen LogP contribution is -2.32. The lowest BCUT2D eigenvalue weighted by atomic mass is 10.0. The standard InChI is InChI=1S/C23H27N3O4/c1-4-30-20-13-15(9-10-19(20)28)18(27)11-12-21(29)26-22(14(2)3)23-24-16-7-5-6-8-17(16)25-23/h5-10,13-14,22,28H,4,11-12H2,1-3H3,(H,24,25)(H,26,29). The molecule has 1 aromatic heterocycles. The number of rotatable bonds is 9. The normalized spacial score (nSPS) is 12.1. The third kappa shape index (κ3) is 4.97. The first kappa shape index (κ1) is 21.4. The average molecular weight is 409 g/mol. The third-order valence-electron chi connectivity index (χ3n) is 4.85. The first-order chi connectivity index (χ1) is 14.4. The summed E-state index contributed by atoms with van der Waals surface area (Å²) in [6.45, 7) is 6.20. The number of aromatic amines is 1. The SMILES string of the molecule is CCOc1cc(C(=O)CCC(=O)NC(c2nc3ccccc3[nH]2)C(C)C)ccc1O. The molecule has 3 N–H and O–H groups in total. The number of H-pyrrole nitrogens is 1. The Morgan fingerprint density at radius 2 is 1.93 bits per heavy atom. The Morgan fingerprint density at radius 1 is 1.17 bits per heavy atom. The summed E-state index contributed by atoms with van der Waals surface area (Å²) in [4.78, 5) is 32.9. The van der Waals surface area contributed by atoms with Gasteiger partial charge < -0.3 is 20.1 Å². The van der Waals surface area contributed by atoms with Gasteiger partial charge in [0.25, 0.3) is 0 Å². The van der Waals surface area contributed by atoms with E-state index in [-0.39, 0.29) is 48.0 Å². The fourth-order valence-corrected chi connectivity index (χ4v) is 3.25. The molecule has 3 aromatic rings. The number of amides is 1. The number of imidazole rings is 1. The van der Waals surface area contributed by atoms with Crippen molar-refractivity contribution >= 4 is 22.7 Å². The van der Waals surface area contributed by atoms with Gasteiger partial charge in [0.2, 0.25) is 5.91 Å². The summed E-state index contributed by atoms with van der Waals surface area (Å²) in [6.07, 6.45) is 0.125. The van der Waals surface area contributed by atoms with Crippen LogP contribution in [0.15, 0.2) is 42.5 Å². The van der Waals surface area contributed by atoms with Crippen molar-refractivity contribution < 1.29 is 19.4 Å². The molecule has 7 nitrogen and oxygen atoms in total. The number of phenols is 1. The molecule has 0 saturated carbocycles. The zero-order chi connectivity index (χ0) is 21.7. The summed E-state index contributed by atoms with van der Waals surface area (Å²) in [5.41, 5.74) is 2.17. The van der Waals surface area contributed by atoms with E-state index in [1.54, 1.807) is 6.92 Å². The number of ether oxygens (including phenoxy) is 1. The summed E-state index contributed by atoms with van der Waals surface area (Å²) >= 11 is 0. The van der Waals surface area contributed by atoms with Crippen molar-refractivity contribution in [2.45, 2.75) is 39.7 Å². The van der Waals surface area contributed by atoms with Crippen LogP contribution in [0, 0.1) is 5.92 Å². The van der Waals surface area contributed by atoms with Gasteiger partial charge in [0.15, 0.2) is 17.3 Å². The van der Waals surface area contributed by atoms with Crippen molar-refractivity contribution in [2.75, 3.05) is 6.61 Å². The van der Waals surface area contributed by atoms with Crippen molar-refractivity contribution in [1.82, 2.24) is 15.3 Å². The van der Waals surface area contributed by atoms with E-state index < -0.39 is 0 Å². The fraction of sp³-hybridized carbons (Fsp3) is 0.348. The van der Waals surface area contributed by atoms with Crippen LogP contribution in [0.4, 0.5) is 0 Å². The molecule has 1 unspecified atom stereocenters. The molecule has 0 spiro atoms. The first-order valence-electron chi connectivity index (χ1n) is 10.1. The second kappa shape index (κ2) is 9.43. The molecule has 0 fully saturated rings. The molecule has 30 heavy (non-hydrogen) atoms. The quantitative estimate of drug-likeness (QED) is 0.461. The number of Topliss-reactive ketones (excluding diaryl/α,β-unsaturated/α-hetero) is 1. The van der Waals surface area contributed by atoms with Crippen LogP contribution in [-0.2, 0) is 4.79 Å². The maximum Gasteiger partial charge on any atom is 0.221 e. The van der Waals surface area contributed by atoms with Crippen LogP contribution in [0.3, 0.4) is 0 Å². The molecule has 1 atom stereocenters. The molecular weight excluding hydrogens is 382 g/mol. The smallest absolute Gasteiger partial charge is 0.221 e. The number of benzene rings is 2. The Labute approximate surface area is 175 Å². The molecule has 7 heteroatoms. The van der Waals surface area contributed by atoms with Crippen LogP contribution >= 0.6 is 0 Å². The van der Waals surface area contributed by atoms with Crippen molar-refractivity contribution in [3.63, 3.8) is 0 Å². The molecule has 0 aliphatic rings. The lowest BCUT2D eigenvalue weighted by Gasteiger charge is -2.20. The number of phenolic OH excluding ortho intramolecular Hbond substituents is 1. The summed E-state index contributed by atoms with van der Waals surface area (Å²) < 4.78 is 5.31. The number of carbonyl (C=O) groups is 2. The van der Waals surface area contributed by atoms with E-state index in [0.29, 0.717) is 18.0 Å². The first-order valence-corrected chi connectivity index (χ1v) is 10.1. The predicted molar refractivity (Wildman–Crippen MR) is 115 cm³/mol. The maximum atomic E-state index is 12.5. The van der Waals surface area contributed by atoms with Crippen LogP contribution in [-0.4, -0.2) is 33.4 Å². The predicted octanol–water partition coefficient (Wildman–Crippen LogP) is 4.14. The van der Waals surface area contributed by atoms with Gasteiger partial charge in [-0.3, -0.25) is 9.59 Å². The molecule has 0 bridgehead atoms. The van der Waals surface area contributed by atoms with E-state index in [1.807, 2.05) is 38.1 Å². The third-order valence-corrected chi connectivity index (χ3v) is 4.85. The van der Waals surface area contributed by atoms with Crippen molar-refractivity contribution in [3.8, 4) is 11.5 Å². The molecule has 0 aliphatic carbocycles. The number of fused-ring (bicyclic) bond motifs is 1. The molecule has 0 saturated heterocycles. The van der Waals surface area contributed by atoms with Crippen LogP contribution in [0.1, 0.15) is 55.8 Å². The van der Waals surface area contributed by atoms with Gasteiger partial charge in [-0.05, 0) is 43.2 Å². The zero-order valence-corrected chi connectivity index (χ0v) is 17.4. The van der Waals surface area contributed by atoms with Gasteiger partial charge in [-0.15, -0.1) is 0 Å². The minimum absolute atomic E-state index is 0.0169. The van der Waals surface area contributed by atoms with Crippen molar-refractivity contribution in [1.29, 1.82) is 0 Å². The van der Waals surface area contributed by atoms with Crippen LogP contribution in [0.2, 0.25) is 0 Å². The minimum atomic E-state index is -0.279. The monoisotopic (exact) mass is 409 g/mol. The molecule has 158 valence electrons. The van der Waals surface area contributed by atoms with Gasteiger partial charge in [-0.2, -0.15) is 0 Å². The number of carbonyl (C=O) groups excluding carboxylic acids is 2. The van der Waals surface area contributed by atoms with E-state index in [1.165, 1.54) is 18.2 Å². The van der Waals surface area contributed by atoms with Gasteiger partial charge in [0.05, 0.1) is 23.7 Å². The van der Waals surface area contributed by atoms with Crippen LogP contribution < -0.4 is 10.1 Å². The second-order valence-corrected chi connectivity index (χ2v) is 7.47. The van der Waals surface area contributed by atoms with E-state index in [2.05, 4.69) is 15.3 Å². The van der Waals surface area contributed by atoms with E-state index in [4.69, 9.17) is 4.74 Å². The minimum Gasteiger partial charge on any atom is -0.504 e. The maximum absolute atomic E-state index is 12.5. The van der Waals surface area contributed by atoms with Gasteiger partial charge >= 0.3 is 0 Å². The Bertz CT molecular complexity index is 1010. The van der Waals surface area contributed by atoms with Crippen LogP contribution in [0.25, 0.3) is 11.0 Å². The Morgan fingerprint density at radius 3 is 2.63 bits per heavy atom. The number of aromatic nitrogens is 2. The zero-order valence-electron chi connectivity index (χ0n) is 17.4. The van der Waals surface area contributed by atoms with E-state index in [9.17, 15) is 14.7 Å². The summed E-state index contributed by atoms with van der Waals surface area (Å²) in [5, 5.41) is 12.8. The number of nitrogens with one attached hydrogen (secondary N) is 2. The summed E-state index contributed by atoms with van der Waals surface area (Å²) in [7, 11) is 0. The number of nitrogens with zero attached hydrogens (tertiary/aromatic N) is 1. The summed E-state index contributed by atoms with van der Waals surface area (Å²) in [5.74, 6) is 0.665. The topological polar surface area (TPSA) is 104 Å². The highest BCUT2D eigenvalue weighted by Gasteiger charge is 2.22. The Hall–Kier alpha value is -3.35. The highest BCUT2D eigenvalue weighted by atomic mass is 16.5. The molecule has 1 heterocycles. The van der Waals surface area contributed by atoms with Gasteiger partial charge in [0.1, 0.15) is 5.82 Å². The van der Waals surface area contributed by atoms with Gasteiger partial charge in [-0.1, -0.05) is 26.0 Å². The molecular formula is C23H27N3O4. The van der Waals surface area contributed by atoms with E-state index >= 15 is 0 Å². The lowest BCUT2D eigenvalue weighted by molar-refractivity contribution is -0.122. The summed E-state index contributed by atoms with van der Waals surface area (Å²) in [6, 6.07) is 11.9. The molecule has 0 aliphatic heterocycles. The highest BCUT2D eigenvalue weighted by Crippen LogP contribution is 2.27. The number of hydrogen-bond donors (Lipinski definition) is 3. The van der Waals surface area contributed by atoms with Gasteiger partial charge in [0, 0.05) is 18.4 Å². The molecule has 1 amide bonds. The molecule has 2 aromatic carbocycles. The largest absolute Gasteiger partial charge is 0.504 e. The number of ketones is 1. The highest BCUT2D eigenvalue weighted by molar-refractivity contribution is 5.98. The Balaban J connectivity index is 1.63. The van der Waals surface area contributed by atoms with Gasteiger partial charge in [-0.25, -0.2) is 4.98 Å². The van der Waals surface area contributed by atoms with Crippen LogP contribution in [0.5, 0.6) is 11.5 Å². The Kier molecular flexibility index (Phi) is 6.72. The number of para-hydroxylation sites is 2. The number of aromatic hydroxyl groups is 1. The second-order valence-electron chi connectivity index (χ2n) is 7.47. The van der Waals surface area contributed by atoms with E-state index in [0.717, 1.165) is 11.0 Å². The molecule has 0 radical (unpaired) electrons.